The van der Waals surface area contributed by atoms with E-state index in [0.29, 0.717) is 49.0 Å². The number of aryl methyl sites for hydroxylation is 2. The van der Waals surface area contributed by atoms with Gasteiger partial charge in [0.2, 0.25) is 0 Å². The molecular weight excluding hydrogens is 343 g/mol. The van der Waals surface area contributed by atoms with E-state index in [-0.39, 0.29) is 11.7 Å². The molecule has 1 unspecified atom stereocenters. The minimum Gasteiger partial charge on any atom is -0.491 e. The number of nitrogens with two attached hydrogens (primary N) is 1. The van der Waals surface area contributed by atoms with Crippen LogP contribution in [-0.2, 0) is 6.42 Å². The van der Waals surface area contributed by atoms with Crippen LogP contribution in [0.2, 0.25) is 0 Å². The Kier molecular flexibility index (Phi) is 6.11. The lowest BCUT2D eigenvalue weighted by Gasteiger charge is -2.19. The molecular formula is C22H27FN2O2. The zero-order valence-corrected chi connectivity index (χ0v) is 16.0. The van der Waals surface area contributed by atoms with E-state index >= 15 is 0 Å². The number of halogens is 1. The number of nitrogens with zero attached hydrogens (tertiary/aromatic N) is 1. The Morgan fingerprint density at radius 3 is 2.81 bits per heavy atom. The Hall–Kier alpha value is -2.40. The fourth-order valence-electron chi connectivity index (χ4n) is 3.56. The number of amides is 1. The molecule has 0 aliphatic carbocycles. The maximum atomic E-state index is 13.8. The molecule has 1 amide bonds. The lowest BCUT2D eigenvalue weighted by molar-refractivity contribution is 0.0782. The van der Waals surface area contributed by atoms with Crippen LogP contribution in [-0.4, -0.2) is 37.0 Å². The second-order valence-corrected chi connectivity index (χ2v) is 7.33. The number of carbonyl (C=O) groups excluding carboxylic acids is 1. The van der Waals surface area contributed by atoms with E-state index in [0.717, 1.165) is 24.0 Å². The summed E-state index contributed by atoms with van der Waals surface area (Å²) in [7, 11) is 0. The van der Waals surface area contributed by atoms with Crippen LogP contribution < -0.4 is 10.5 Å². The minimum absolute atomic E-state index is 0.0108. The lowest BCUT2D eigenvalue weighted by Crippen LogP contribution is -2.29. The Balaban J connectivity index is 1.68. The smallest absolute Gasteiger partial charge is 0.257 e. The molecule has 1 aliphatic heterocycles. The van der Waals surface area contributed by atoms with Gasteiger partial charge in [-0.1, -0.05) is 23.8 Å². The maximum Gasteiger partial charge on any atom is 0.257 e. The molecule has 5 heteroatoms. The topological polar surface area (TPSA) is 55.6 Å². The number of likely N-dealkylation sites (tertiary alicyclic amines) is 1. The molecule has 1 aliphatic rings. The standard InChI is InChI=1S/C22H27FN2O2/c1-15-3-6-21(27-10-8-24)19(11-15)22(26)25-9-7-18(14-25)12-17-5-4-16(2)20(23)13-17/h3-6,11,13,18H,7-10,12,14,24H2,1-2H3. The third-order valence-electron chi connectivity index (χ3n) is 5.07. The van der Waals surface area contributed by atoms with Crippen LogP contribution in [0.3, 0.4) is 0 Å². The van der Waals surface area contributed by atoms with Crippen LogP contribution >= 0.6 is 0 Å². The Bertz CT molecular complexity index is 822. The molecule has 0 aromatic heterocycles. The van der Waals surface area contributed by atoms with Crippen LogP contribution in [0.5, 0.6) is 5.75 Å². The van der Waals surface area contributed by atoms with Gasteiger partial charge in [-0.25, -0.2) is 4.39 Å². The third-order valence-corrected chi connectivity index (χ3v) is 5.07. The number of hydrogen-bond acceptors (Lipinski definition) is 3. The summed E-state index contributed by atoms with van der Waals surface area (Å²) in [5.74, 6) is 0.748. The number of benzene rings is 2. The van der Waals surface area contributed by atoms with Gasteiger partial charge in [-0.05, 0) is 61.9 Å². The van der Waals surface area contributed by atoms with Crippen LogP contribution in [0.1, 0.15) is 33.5 Å². The maximum absolute atomic E-state index is 13.8. The van der Waals surface area contributed by atoms with E-state index in [1.54, 1.807) is 13.0 Å². The summed E-state index contributed by atoms with van der Waals surface area (Å²) >= 11 is 0. The van der Waals surface area contributed by atoms with Crippen molar-refractivity contribution in [3.05, 3.63) is 64.5 Å². The molecule has 2 N–H and O–H groups in total. The first kappa shape index (κ1) is 19.4. The zero-order valence-electron chi connectivity index (χ0n) is 16.0. The van der Waals surface area contributed by atoms with Crippen LogP contribution in [0.4, 0.5) is 4.39 Å². The predicted molar refractivity (Wildman–Crippen MR) is 105 cm³/mol. The van der Waals surface area contributed by atoms with Gasteiger partial charge in [0.1, 0.15) is 18.2 Å². The van der Waals surface area contributed by atoms with E-state index in [4.69, 9.17) is 10.5 Å². The van der Waals surface area contributed by atoms with Crippen LogP contribution in [0, 0.1) is 25.6 Å². The van der Waals surface area contributed by atoms with Crippen molar-refractivity contribution in [3.63, 3.8) is 0 Å². The quantitative estimate of drug-likeness (QED) is 0.847. The third kappa shape index (κ3) is 4.66. The highest BCUT2D eigenvalue weighted by Crippen LogP contribution is 2.27. The molecule has 27 heavy (non-hydrogen) atoms. The van der Waals surface area contributed by atoms with E-state index in [2.05, 4.69) is 0 Å². The number of rotatable bonds is 6. The molecule has 2 aromatic carbocycles. The molecule has 0 bridgehead atoms. The van der Waals surface area contributed by atoms with Gasteiger partial charge in [0.25, 0.3) is 5.91 Å². The highest BCUT2D eigenvalue weighted by Gasteiger charge is 2.28. The Morgan fingerprint density at radius 2 is 2.07 bits per heavy atom. The van der Waals surface area contributed by atoms with Gasteiger partial charge in [-0.15, -0.1) is 0 Å². The van der Waals surface area contributed by atoms with Crippen molar-refractivity contribution in [2.24, 2.45) is 11.7 Å². The molecule has 1 saturated heterocycles. The molecule has 0 spiro atoms. The molecule has 3 rings (SSSR count). The van der Waals surface area contributed by atoms with Gasteiger partial charge in [0.05, 0.1) is 5.56 Å². The Morgan fingerprint density at radius 1 is 1.26 bits per heavy atom. The summed E-state index contributed by atoms with van der Waals surface area (Å²) in [5, 5.41) is 0. The second-order valence-electron chi connectivity index (χ2n) is 7.33. The van der Waals surface area contributed by atoms with Gasteiger partial charge in [-0.3, -0.25) is 4.79 Å². The molecule has 4 nitrogen and oxygen atoms in total. The van der Waals surface area contributed by atoms with Crippen molar-refractivity contribution >= 4 is 5.91 Å². The van der Waals surface area contributed by atoms with E-state index < -0.39 is 0 Å². The molecule has 1 heterocycles. The van der Waals surface area contributed by atoms with Crippen LogP contribution in [0.25, 0.3) is 0 Å². The normalized spacial score (nSPS) is 16.6. The monoisotopic (exact) mass is 370 g/mol. The van der Waals surface area contributed by atoms with E-state index in [1.807, 2.05) is 42.2 Å². The molecule has 1 fully saturated rings. The van der Waals surface area contributed by atoms with Crippen molar-refractivity contribution in [2.45, 2.75) is 26.7 Å². The molecule has 1 atom stereocenters. The minimum atomic E-state index is -0.167. The summed E-state index contributed by atoms with van der Waals surface area (Å²) < 4.78 is 19.4. The summed E-state index contributed by atoms with van der Waals surface area (Å²) in [6.45, 7) is 5.90. The highest BCUT2D eigenvalue weighted by atomic mass is 19.1. The van der Waals surface area contributed by atoms with Gasteiger partial charge in [-0.2, -0.15) is 0 Å². The summed E-state index contributed by atoms with van der Waals surface area (Å²) in [4.78, 5) is 14.9. The highest BCUT2D eigenvalue weighted by molar-refractivity contribution is 5.97. The first-order valence-electron chi connectivity index (χ1n) is 9.45. The number of hydrogen-bond donors (Lipinski definition) is 1. The van der Waals surface area contributed by atoms with Gasteiger partial charge < -0.3 is 15.4 Å². The average Bonchev–Trinajstić information content (AvgIpc) is 3.11. The average molecular weight is 370 g/mol. The number of ether oxygens (including phenoxy) is 1. The summed E-state index contributed by atoms with van der Waals surface area (Å²) in [5.41, 5.74) is 8.77. The molecule has 144 valence electrons. The van der Waals surface area contributed by atoms with Crippen molar-refractivity contribution in [1.82, 2.24) is 4.90 Å². The van der Waals surface area contributed by atoms with Crippen molar-refractivity contribution in [3.8, 4) is 5.75 Å². The lowest BCUT2D eigenvalue weighted by atomic mass is 9.98. The molecule has 0 saturated carbocycles. The van der Waals surface area contributed by atoms with Crippen molar-refractivity contribution < 1.29 is 13.9 Å². The molecule has 0 radical (unpaired) electrons. The van der Waals surface area contributed by atoms with Crippen molar-refractivity contribution in [1.29, 1.82) is 0 Å². The first-order chi connectivity index (χ1) is 13.0. The number of carbonyl (C=O) groups is 1. The van der Waals surface area contributed by atoms with E-state index in [1.165, 1.54) is 0 Å². The predicted octanol–water partition coefficient (Wildman–Crippen LogP) is 3.48. The largest absolute Gasteiger partial charge is 0.491 e. The fourth-order valence-corrected chi connectivity index (χ4v) is 3.56. The van der Waals surface area contributed by atoms with Crippen molar-refractivity contribution in [2.75, 3.05) is 26.2 Å². The van der Waals surface area contributed by atoms with Gasteiger partial charge in [0, 0.05) is 19.6 Å². The second kappa shape index (κ2) is 8.53. The van der Waals surface area contributed by atoms with Gasteiger partial charge in [0.15, 0.2) is 0 Å². The Labute approximate surface area is 160 Å². The van der Waals surface area contributed by atoms with E-state index in [9.17, 15) is 9.18 Å². The summed E-state index contributed by atoms with van der Waals surface area (Å²) in [6, 6.07) is 11.0. The van der Waals surface area contributed by atoms with Gasteiger partial charge >= 0.3 is 0 Å². The van der Waals surface area contributed by atoms with Crippen LogP contribution in [0.15, 0.2) is 36.4 Å². The summed E-state index contributed by atoms with van der Waals surface area (Å²) in [6.07, 6.45) is 1.71. The molecule has 2 aromatic rings. The first-order valence-corrected chi connectivity index (χ1v) is 9.45. The SMILES string of the molecule is Cc1ccc(OCCN)c(C(=O)N2CCC(Cc3ccc(C)c(F)c3)C2)c1. The fraction of sp³-hybridized carbons (Fsp3) is 0.409. The zero-order chi connectivity index (χ0) is 19.4.